The van der Waals surface area contributed by atoms with Gasteiger partial charge in [-0.1, -0.05) is 24.3 Å². The van der Waals surface area contributed by atoms with Gasteiger partial charge in [-0.25, -0.2) is 4.79 Å². The molecule has 0 saturated carbocycles. The highest BCUT2D eigenvalue weighted by Gasteiger charge is 2.12. The number of aromatic nitrogens is 1. The third-order valence-corrected chi connectivity index (χ3v) is 4.43. The standard InChI is InChI=1S/C21H24N2O4/c1-3-26-17-12-10-16(11-13-17)15-22(2)20(24)9-6-14-23-18-7-4-5-8-19(18)27-21(23)25/h4-5,7-8,10-13H,3,6,9,14-15H2,1-2H3. The Balaban J connectivity index is 1.52. The third-order valence-electron chi connectivity index (χ3n) is 4.43. The Morgan fingerprint density at radius 3 is 2.63 bits per heavy atom. The zero-order chi connectivity index (χ0) is 19.2. The van der Waals surface area contributed by atoms with Crippen molar-refractivity contribution in [2.45, 2.75) is 32.9 Å². The van der Waals surface area contributed by atoms with E-state index >= 15 is 0 Å². The Morgan fingerprint density at radius 1 is 1.15 bits per heavy atom. The van der Waals surface area contributed by atoms with E-state index in [2.05, 4.69) is 0 Å². The van der Waals surface area contributed by atoms with Gasteiger partial charge in [0.25, 0.3) is 0 Å². The Kier molecular flexibility index (Phi) is 5.96. The van der Waals surface area contributed by atoms with Gasteiger partial charge in [-0.15, -0.1) is 0 Å². The Bertz CT molecular complexity index is 956. The van der Waals surface area contributed by atoms with Crippen LogP contribution in [0.3, 0.4) is 0 Å². The monoisotopic (exact) mass is 368 g/mol. The second-order valence-corrected chi connectivity index (χ2v) is 6.42. The molecule has 0 unspecified atom stereocenters. The molecule has 0 bridgehead atoms. The summed E-state index contributed by atoms with van der Waals surface area (Å²) in [6.07, 6.45) is 0.954. The second kappa shape index (κ2) is 8.58. The lowest BCUT2D eigenvalue weighted by Crippen LogP contribution is -2.26. The molecule has 27 heavy (non-hydrogen) atoms. The summed E-state index contributed by atoms with van der Waals surface area (Å²) in [5.74, 6) is 0.490. The van der Waals surface area contributed by atoms with Gasteiger partial charge in [0.1, 0.15) is 5.75 Å². The summed E-state index contributed by atoms with van der Waals surface area (Å²) in [7, 11) is 1.79. The highest BCUT2D eigenvalue weighted by atomic mass is 16.5. The molecule has 1 heterocycles. The van der Waals surface area contributed by atoms with Crippen LogP contribution in [0.5, 0.6) is 5.75 Å². The number of carbonyl (C=O) groups is 1. The van der Waals surface area contributed by atoms with E-state index in [1.54, 1.807) is 22.6 Å². The maximum absolute atomic E-state index is 12.4. The molecule has 142 valence electrons. The molecule has 6 nitrogen and oxygen atoms in total. The second-order valence-electron chi connectivity index (χ2n) is 6.42. The Morgan fingerprint density at radius 2 is 1.89 bits per heavy atom. The first-order valence-corrected chi connectivity index (χ1v) is 9.12. The van der Waals surface area contributed by atoms with E-state index in [-0.39, 0.29) is 11.7 Å². The van der Waals surface area contributed by atoms with Gasteiger partial charge in [-0.3, -0.25) is 9.36 Å². The molecule has 2 aromatic carbocycles. The first-order valence-electron chi connectivity index (χ1n) is 9.12. The largest absolute Gasteiger partial charge is 0.494 e. The average molecular weight is 368 g/mol. The van der Waals surface area contributed by atoms with Gasteiger partial charge in [0.2, 0.25) is 5.91 Å². The number of aryl methyl sites for hydroxylation is 1. The number of amides is 1. The normalized spacial score (nSPS) is 10.9. The van der Waals surface area contributed by atoms with E-state index in [4.69, 9.17) is 9.15 Å². The quantitative estimate of drug-likeness (QED) is 0.611. The smallest absolute Gasteiger partial charge is 0.419 e. The lowest BCUT2D eigenvalue weighted by Gasteiger charge is -2.17. The number of oxazole rings is 1. The van der Waals surface area contributed by atoms with Crippen LogP contribution >= 0.6 is 0 Å². The van der Waals surface area contributed by atoms with Crippen molar-refractivity contribution in [1.29, 1.82) is 0 Å². The molecule has 0 atom stereocenters. The molecular weight excluding hydrogens is 344 g/mol. The maximum atomic E-state index is 12.4. The highest BCUT2D eigenvalue weighted by molar-refractivity contribution is 5.76. The van der Waals surface area contributed by atoms with Gasteiger partial charge >= 0.3 is 5.76 Å². The Hall–Kier alpha value is -3.02. The molecule has 0 radical (unpaired) electrons. The number of nitrogens with zero attached hydrogens (tertiary/aromatic N) is 2. The maximum Gasteiger partial charge on any atom is 0.419 e. The lowest BCUT2D eigenvalue weighted by molar-refractivity contribution is -0.130. The molecule has 1 aromatic heterocycles. The van der Waals surface area contributed by atoms with E-state index in [0.29, 0.717) is 38.1 Å². The lowest BCUT2D eigenvalue weighted by atomic mass is 10.2. The number of hydrogen-bond donors (Lipinski definition) is 0. The van der Waals surface area contributed by atoms with Crippen molar-refractivity contribution in [3.05, 3.63) is 64.6 Å². The van der Waals surface area contributed by atoms with Crippen molar-refractivity contribution in [3.8, 4) is 5.75 Å². The summed E-state index contributed by atoms with van der Waals surface area (Å²) in [4.78, 5) is 26.0. The molecule has 0 saturated heterocycles. The fourth-order valence-corrected chi connectivity index (χ4v) is 3.02. The third kappa shape index (κ3) is 4.58. The van der Waals surface area contributed by atoms with Crippen molar-refractivity contribution in [3.63, 3.8) is 0 Å². The summed E-state index contributed by atoms with van der Waals surface area (Å²) in [6.45, 7) is 3.58. The summed E-state index contributed by atoms with van der Waals surface area (Å²) in [5, 5.41) is 0. The predicted molar refractivity (Wildman–Crippen MR) is 104 cm³/mol. The van der Waals surface area contributed by atoms with Gasteiger partial charge in [0, 0.05) is 26.6 Å². The molecule has 1 amide bonds. The molecule has 0 N–H and O–H groups in total. The van der Waals surface area contributed by atoms with E-state index in [1.807, 2.05) is 49.4 Å². The molecule has 0 aliphatic rings. The van der Waals surface area contributed by atoms with Crippen LogP contribution in [0.25, 0.3) is 11.1 Å². The van der Waals surface area contributed by atoms with Crippen LogP contribution in [0.1, 0.15) is 25.3 Å². The van der Waals surface area contributed by atoms with Crippen LogP contribution < -0.4 is 10.5 Å². The summed E-state index contributed by atoms with van der Waals surface area (Å²) in [5.41, 5.74) is 2.38. The van der Waals surface area contributed by atoms with Crippen LogP contribution in [0.2, 0.25) is 0 Å². The van der Waals surface area contributed by atoms with Gasteiger partial charge in [-0.05, 0) is 43.2 Å². The number of rotatable bonds is 8. The van der Waals surface area contributed by atoms with Gasteiger partial charge in [0.15, 0.2) is 5.58 Å². The number of benzene rings is 2. The highest BCUT2D eigenvalue weighted by Crippen LogP contribution is 2.15. The summed E-state index contributed by atoms with van der Waals surface area (Å²) < 4.78 is 12.2. The van der Waals surface area contributed by atoms with Crippen LogP contribution in [0.4, 0.5) is 0 Å². The van der Waals surface area contributed by atoms with Crippen LogP contribution in [0.15, 0.2) is 57.7 Å². The van der Waals surface area contributed by atoms with E-state index in [9.17, 15) is 9.59 Å². The van der Waals surface area contributed by atoms with Crippen molar-refractivity contribution in [2.24, 2.45) is 0 Å². The molecule has 0 aliphatic carbocycles. The number of hydrogen-bond acceptors (Lipinski definition) is 4. The van der Waals surface area contributed by atoms with Crippen molar-refractivity contribution in [1.82, 2.24) is 9.47 Å². The summed E-state index contributed by atoms with van der Waals surface area (Å²) in [6, 6.07) is 15.1. The summed E-state index contributed by atoms with van der Waals surface area (Å²) >= 11 is 0. The average Bonchev–Trinajstić information content (AvgIpc) is 2.99. The zero-order valence-corrected chi connectivity index (χ0v) is 15.7. The van der Waals surface area contributed by atoms with Crippen LogP contribution in [0, 0.1) is 0 Å². The van der Waals surface area contributed by atoms with Gasteiger partial charge in [0.05, 0.1) is 12.1 Å². The van der Waals surface area contributed by atoms with Crippen LogP contribution in [-0.4, -0.2) is 29.0 Å². The first-order chi connectivity index (χ1) is 13.1. The number of ether oxygens (including phenoxy) is 1. The molecule has 3 aromatic rings. The fourth-order valence-electron chi connectivity index (χ4n) is 3.02. The van der Waals surface area contributed by atoms with Gasteiger partial charge < -0.3 is 14.1 Å². The minimum absolute atomic E-state index is 0.0461. The number of fused-ring (bicyclic) bond motifs is 1. The predicted octanol–water partition coefficient (Wildman–Crippen LogP) is 3.43. The zero-order valence-electron chi connectivity index (χ0n) is 15.7. The molecule has 6 heteroatoms. The first kappa shape index (κ1) is 18.8. The molecule has 0 aliphatic heterocycles. The SMILES string of the molecule is CCOc1ccc(CN(C)C(=O)CCCn2c(=O)oc3ccccc32)cc1. The molecule has 0 spiro atoms. The van der Waals surface area contributed by atoms with E-state index in [1.165, 1.54) is 0 Å². The van der Waals surface area contributed by atoms with E-state index < -0.39 is 0 Å². The van der Waals surface area contributed by atoms with Crippen LogP contribution in [-0.2, 0) is 17.9 Å². The molecule has 0 fully saturated rings. The number of para-hydroxylation sites is 2. The topological polar surface area (TPSA) is 64.7 Å². The van der Waals surface area contributed by atoms with E-state index in [0.717, 1.165) is 16.8 Å². The van der Waals surface area contributed by atoms with Crippen molar-refractivity contribution >= 4 is 17.0 Å². The van der Waals surface area contributed by atoms with Gasteiger partial charge in [-0.2, -0.15) is 0 Å². The Labute approximate surface area is 158 Å². The minimum atomic E-state index is -0.383. The van der Waals surface area contributed by atoms with Crippen molar-refractivity contribution in [2.75, 3.05) is 13.7 Å². The fraction of sp³-hybridized carbons (Fsp3) is 0.333. The molecular formula is C21H24N2O4. The minimum Gasteiger partial charge on any atom is -0.494 e. The van der Waals surface area contributed by atoms with Crippen molar-refractivity contribution < 1.29 is 13.9 Å². The molecule has 3 rings (SSSR count). The number of carbonyl (C=O) groups excluding carboxylic acids is 1.